The minimum atomic E-state index is -0.763. The Balaban J connectivity index is 1.50. The Morgan fingerprint density at radius 2 is 1.81 bits per heavy atom. The molecule has 9 nitrogen and oxygen atoms in total. The van der Waals surface area contributed by atoms with E-state index in [0.717, 1.165) is 5.69 Å². The number of hydrogen-bond acceptors (Lipinski definition) is 6. The van der Waals surface area contributed by atoms with E-state index < -0.39 is 12.1 Å². The Morgan fingerprint density at radius 3 is 2.42 bits per heavy atom. The second-order valence-corrected chi connectivity index (χ2v) is 10.1. The van der Waals surface area contributed by atoms with Crippen LogP contribution in [0.2, 0.25) is 0 Å². The number of Topliss-reactive ketones (excluding diaryl/α,β-unsaturated/α-hetero) is 1. The molecule has 1 aromatic carbocycles. The molecular weight excluding hydrogens is 458 g/mol. The van der Waals surface area contributed by atoms with Crippen LogP contribution in [0, 0.1) is 5.92 Å². The van der Waals surface area contributed by atoms with Crippen molar-refractivity contribution in [3.8, 4) is 0 Å². The van der Waals surface area contributed by atoms with Gasteiger partial charge in [-0.2, -0.15) is 0 Å². The molecule has 9 heteroatoms. The Kier molecular flexibility index (Phi) is 7.37. The van der Waals surface area contributed by atoms with Gasteiger partial charge in [0.05, 0.1) is 18.2 Å². The van der Waals surface area contributed by atoms with Crippen molar-refractivity contribution in [1.82, 2.24) is 20.1 Å². The Morgan fingerprint density at radius 1 is 1.08 bits per heavy atom. The molecule has 4 rings (SSSR count). The van der Waals surface area contributed by atoms with Crippen LogP contribution in [0.5, 0.6) is 0 Å². The standard InChI is InChI=1S/C27H33N5O4/c1-17(2)14-21(29-25(34)18-7-9-20(10-8-18)30(3)4)27(36)31-13-11-22-24(31)23(33)16-32(22)26(35)19-6-5-12-28-15-19/h5-10,12,15,17,21-22,24H,11,13-14,16H2,1-4H3,(H,29,34). The van der Waals surface area contributed by atoms with E-state index in [0.29, 0.717) is 30.5 Å². The highest BCUT2D eigenvalue weighted by molar-refractivity contribution is 6.03. The number of anilines is 1. The second kappa shape index (κ2) is 10.5. The summed E-state index contributed by atoms with van der Waals surface area (Å²) in [7, 11) is 3.84. The number of carbonyl (C=O) groups excluding carboxylic acids is 4. The van der Waals surface area contributed by atoms with Gasteiger partial charge in [-0.15, -0.1) is 0 Å². The van der Waals surface area contributed by atoms with Gasteiger partial charge < -0.3 is 20.0 Å². The van der Waals surface area contributed by atoms with Gasteiger partial charge in [0, 0.05) is 44.3 Å². The van der Waals surface area contributed by atoms with Crippen molar-refractivity contribution in [1.29, 1.82) is 0 Å². The van der Waals surface area contributed by atoms with Crippen LogP contribution in [0.1, 0.15) is 47.4 Å². The first-order valence-corrected chi connectivity index (χ1v) is 12.3. The van der Waals surface area contributed by atoms with Crippen molar-refractivity contribution in [2.24, 2.45) is 5.92 Å². The number of aromatic nitrogens is 1. The molecule has 0 bridgehead atoms. The fraction of sp³-hybridized carbons (Fsp3) is 0.444. The number of fused-ring (bicyclic) bond motifs is 1. The number of pyridine rings is 1. The molecule has 190 valence electrons. The van der Waals surface area contributed by atoms with Crippen LogP contribution in [0.4, 0.5) is 5.69 Å². The first-order valence-electron chi connectivity index (χ1n) is 12.3. The molecule has 2 fully saturated rings. The second-order valence-electron chi connectivity index (χ2n) is 10.1. The van der Waals surface area contributed by atoms with Crippen LogP contribution in [0.3, 0.4) is 0 Å². The molecule has 0 aliphatic carbocycles. The number of likely N-dealkylation sites (tertiary alicyclic amines) is 2. The molecule has 3 unspecified atom stereocenters. The zero-order chi connectivity index (χ0) is 26.0. The van der Waals surface area contributed by atoms with Gasteiger partial charge in [0.25, 0.3) is 11.8 Å². The van der Waals surface area contributed by atoms with Crippen molar-refractivity contribution in [2.75, 3.05) is 32.1 Å². The van der Waals surface area contributed by atoms with Gasteiger partial charge in [-0.25, -0.2) is 0 Å². The molecule has 2 aliphatic rings. The van der Waals surface area contributed by atoms with Crippen molar-refractivity contribution in [2.45, 2.75) is 44.8 Å². The summed E-state index contributed by atoms with van der Waals surface area (Å²) in [5.41, 5.74) is 1.85. The Hall–Kier alpha value is -3.75. The summed E-state index contributed by atoms with van der Waals surface area (Å²) in [4.78, 5) is 61.8. The van der Waals surface area contributed by atoms with Crippen LogP contribution in [0.25, 0.3) is 0 Å². The van der Waals surface area contributed by atoms with E-state index in [2.05, 4.69) is 10.3 Å². The number of rotatable bonds is 7. The molecule has 3 amide bonds. The highest BCUT2D eigenvalue weighted by Gasteiger charge is 2.52. The highest BCUT2D eigenvalue weighted by atomic mass is 16.2. The maximum atomic E-state index is 13.7. The molecule has 0 radical (unpaired) electrons. The van der Waals surface area contributed by atoms with Gasteiger partial charge in [0.15, 0.2) is 5.78 Å². The number of benzene rings is 1. The zero-order valence-corrected chi connectivity index (χ0v) is 21.2. The van der Waals surface area contributed by atoms with Crippen LogP contribution in [-0.2, 0) is 9.59 Å². The minimum Gasteiger partial charge on any atom is -0.378 e. The molecule has 3 heterocycles. The topological polar surface area (TPSA) is 103 Å². The molecular formula is C27H33N5O4. The van der Waals surface area contributed by atoms with E-state index in [9.17, 15) is 19.2 Å². The van der Waals surface area contributed by atoms with E-state index in [1.165, 1.54) is 6.20 Å². The molecule has 0 saturated carbocycles. The largest absolute Gasteiger partial charge is 0.378 e. The van der Waals surface area contributed by atoms with E-state index in [4.69, 9.17) is 0 Å². The average molecular weight is 492 g/mol. The number of ketones is 1. The summed E-state index contributed by atoms with van der Waals surface area (Å²) in [5.74, 6) is -0.875. The molecule has 2 saturated heterocycles. The smallest absolute Gasteiger partial charge is 0.256 e. The predicted molar refractivity (Wildman–Crippen MR) is 136 cm³/mol. The predicted octanol–water partition coefficient (Wildman–Crippen LogP) is 1.99. The maximum absolute atomic E-state index is 13.7. The van der Waals surface area contributed by atoms with E-state index >= 15 is 0 Å². The summed E-state index contributed by atoms with van der Waals surface area (Å²) < 4.78 is 0. The third-order valence-corrected chi connectivity index (χ3v) is 6.83. The molecule has 2 aromatic rings. The monoisotopic (exact) mass is 491 g/mol. The summed E-state index contributed by atoms with van der Waals surface area (Å²) >= 11 is 0. The Bertz CT molecular complexity index is 1130. The van der Waals surface area contributed by atoms with Crippen LogP contribution < -0.4 is 10.2 Å². The highest BCUT2D eigenvalue weighted by Crippen LogP contribution is 2.31. The summed E-state index contributed by atoms with van der Waals surface area (Å²) in [6.07, 6.45) is 4.03. The maximum Gasteiger partial charge on any atom is 0.256 e. The summed E-state index contributed by atoms with van der Waals surface area (Å²) in [6.45, 7) is 4.30. The van der Waals surface area contributed by atoms with Crippen LogP contribution in [-0.4, -0.2) is 83.6 Å². The fourth-order valence-corrected chi connectivity index (χ4v) is 5.04. The zero-order valence-electron chi connectivity index (χ0n) is 21.2. The SMILES string of the molecule is CC(C)CC(NC(=O)c1ccc(N(C)C)cc1)C(=O)N1CCC2C1C(=O)CN2C(=O)c1cccnc1. The van der Waals surface area contributed by atoms with Crippen molar-refractivity contribution < 1.29 is 19.2 Å². The quantitative estimate of drug-likeness (QED) is 0.636. The lowest BCUT2D eigenvalue weighted by molar-refractivity contribution is -0.138. The number of nitrogens with zero attached hydrogens (tertiary/aromatic N) is 4. The molecule has 1 aromatic heterocycles. The van der Waals surface area contributed by atoms with Gasteiger partial charge in [-0.05, 0) is 55.2 Å². The normalized spacial score (nSPS) is 19.9. The number of nitrogens with one attached hydrogen (secondary N) is 1. The van der Waals surface area contributed by atoms with Crippen molar-refractivity contribution in [3.05, 3.63) is 59.9 Å². The van der Waals surface area contributed by atoms with Gasteiger partial charge >= 0.3 is 0 Å². The first-order chi connectivity index (χ1) is 17.2. The van der Waals surface area contributed by atoms with Gasteiger partial charge in [0.2, 0.25) is 5.91 Å². The molecule has 0 spiro atoms. The van der Waals surface area contributed by atoms with Gasteiger partial charge in [0.1, 0.15) is 12.1 Å². The summed E-state index contributed by atoms with van der Waals surface area (Å²) in [6, 6.07) is 8.69. The molecule has 2 aliphatic heterocycles. The number of amides is 3. The van der Waals surface area contributed by atoms with Crippen LogP contribution in [0.15, 0.2) is 48.8 Å². The molecule has 36 heavy (non-hydrogen) atoms. The van der Waals surface area contributed by atoms with E-state index in [1.807, 2.05) is 45.0 Å². The van der Waals surface area contributed by atoms with Gasteiger partial charge in [-0.3, -0.25) is 24.2 Å². The van der Waals surface area contributed by atoms with E-state index in [-0.39, 0.29) is 42.0 Å². The van der Waals surface area contributed by atoms with Crippen molar-refractivity contribution >= 4 is 29.2 Å². The lowest BCUT2D eigenvalue weighted by Crippen LogP contribution is -2.53. The lowest BCUT2D eigenvalue weighted by Gasteiger charge is -2.29. The average Bonchev–Trinajstić information content (AvgIpc) is 3.44. The third kappa shape index (κ3) is 5.10. The van der Waals surface area contributed by atoms with Gasteiger partial charge in [-0.1, -0.05) is 13.8 Å². The Labute approximate surface area is 211 Å². The third-order valence-electron chi connectivity index (χ3n) is 6.83. The number of hydrogen-bond donors (Lipinski definition) is 1. The lowest BCUT2D eigenvalue weighted by atomic mass is 10.0. The van der Waals surface area contributed by atoms with Crippen molar-refractivity contribution in [3.63, 3.8) is 0 Å². The molecule has 1 N–H and O–H groups in total. The number of carbonyl (C=O) groups is 4. The van der Waals surface area contributed by atoms with E-state index in [1.54, 1.807) is 40.3 Å². The molecule has 3 atom stereocenters. The fourth-order valence-electron chi connectivity index (χ4n) is 5.04. The minimum absolute atomic E-state index is 0.0354. The summed E-state index contributed by atoms with van der Waals surface area (Å²) in [5, 5.41) is 2.90. The van der Waals surface area contributed by atoms with Crippen LogP contribution >= 0.6 is 0 Å². The first kappa shape index (κ1) is 25.3.